The molecular formula is C23H27F3N3O3+. The monoisotopic (exact) mass is 450 g/mol. The number of amides is 1. The van der Waals surface area contributed by atoms with Gasteiger partial charge >= 0.3 is 6.36 Å². The van der Waals surface area contributed by atoms with Gasteiger partial charge in [0.25, 0.3) is 5.69 Å². The van der Waals surface area contributed by atoms with Crippen LogP contribution in [0.3, 0.4) is 0 Å². The lowest BCUT2D eigenvalue weighted by atomic mass is 9.94. The number of allylic oxidation sites excluding steroid dienone is 1. The van der Waals surface area contributed by atoms with Crippen LogP contribution in [0.2, 0.25) is 0 Å². The molecule has 2 aromatic rings. The first kappa shape index (κ1) is 24.9. The van der Waals surface area contributed by atoms with Crippen LogP contribution >= 0.6 is 0 Å². The van der Waals surface area contributed by atoms with Gasteiger partial charge in [-0.15, -0.1) is 13.2 Å². The topological polar surface area (TPSA) is 61.6 Å². The van der Waals surface area contributed by atoms with Crippen molar-refractivity contribution in [2.24, 2.45) is 0 Å². The zero-order valence-electron chi connectivity index (χ0n) is 18.7. The number of carbonyl (C=O) groups is 1. The fraction of sp³-hybridized carbons (Fsp3) is 0.348. The van der Waals surface area contributed by atoms with Gasteiger partial charge in [-0.05, 0) is 55.2 Å². The van der Waals surface area contributed by atoms with Gasteiger partial charge in [-0.3, -0.25) is 4.79 Å². The fourth-order valence-electron chi connectivity index (χ4n) is 3.50. The van der Waals surface area contributed by atoms with Crippen molar-refractivity contribution in [3.8, 4) is 16.9 Å². The second-order valence-electron chi connectivity index (χ2n) is 7.41. The molecule has 0 atom stereocenters. The number of ether oxygens (including phenoxy) is 1. The number of anilines is 1. The maximum Gasteiger partial charge on any atom is 0.573 e. The highest BCUT2D eigenvalue weighted by atomic mass is 19.4. The van der Waals surface area contributed by atoms with E-state index in [1.807, 2.05) is 38.9 Å². The smallest absolute Gasteiger partial charge is 0.406 e. The van der Waals surface area contributed by atoms with E-state index in [4.69, 9.17) is 0 Å². The molecule has 0 bridgehead atoms. The van der Waals surface area contributed by atoms with Crippen molar-refractivity contribution in [1.29, 1.82) is 0 Å². The number of benzene rings is 2. The van der Waals surface area contributed by atoms with Gasteiger partial charge in [0.05, 0.1) is 5.56 Å². The van der Waals surface area contributed by atoms with Crippen molar-refractivity contribution < 1.29 is 27.5 Å². The SMILES string of the molecule is CC/C(C)=C/N(C)c1c(C)c(-c2ccc(OC(F)(F)F)cc2)cc(CNC=O)c1[N+](C)=O. The van der Waals surface area contributed by atoms with Crippen LogP contribution in [0.1, 0.15) is 31.4 Å². The summed E-state index contributed by atoms with van der Waals surface area (Å²) in [5, 5.41) is 2.59. The van der Waals surface area contributed by atoms with Crippen molar-refractivity contribution in [2.75, 3.05) is 19.0 Å². The van der Waals surface area contributed by atoms with Gasteiger partial charge in [-0.1, -0.05) is 24.6 Å². The third-order valence-electron chi connectivity index (χ3n) is 5.02. The Labute approximate surface area is 185 Å². The molecule has 0 unspecified atom stereocenters. The molecule has 0 aliphatic rings. The van der Waals surface area contributed by atoms with Crippen LogP contribution in [0.25, 0.3) is 11.1 Å². The van der Waals surface area contributed by atoms with E-state index in [1.165, 1.54) is 31.3 Å². The Bertz CT molecular complexity index is 1020. The Hall–Kier alpha value is -3.36. The predicted octanol–water partition coefficient (Wildman–Crippen LogP) is 5.60. The van der Waals surface area contributed by atoms with Gasteiger partial charge in [0.15, 0.2) is 7.05 Å². The molecule has 2 rings (SSSR count). The summed E-state index contributed by atoms with van der Waals surface area (Å²) in [6, 6.07) is 7.30. The molecule has 0 saturated carbocycles. The Balaban J connectivity index is 2.71. The molecule has 6 nitrogen and oxygen atoms in total. The average Bonchev–Trinajstić information content (AvgIpc) is 2.71. The summed E-state index contributed by atoms with van der Waals surface area (Å²) in [6.07, 6.45) is -1.48. The van der Waals surface area contributed by atoms with Crippen LogP contribution in [0.4, 0.5) is 24.5 Å². The van der Waals surface area contributed by atoms with Crippen molar-refractivity contribution in [3.63, 3.8) is 0 Å². The molecular weight excluding hydrogens is 423 g/mol. The summed E-state index contributed by atoms with van der Waals surface area (Å²) in [7, 11) is 3.21. The van der Waals surface area contributed by atoms with Crippen LogP contribution < -0.4 is 15.0 Å². The molecule has 0 aromatic heterocycles. The molecule has 0 aliphatic heterocycles. The summed E-state index contributed by atoms with van der Waals surface area (Å²) < 4.78 is 42.2. The van der Waals surface area contributed by atoms with Crippen LogP contribution in [0.5, 0.6) is 5.75 Å². The Kier molecular flexibility index (Phi) is 8.02. The van der Waals surface area contributed by atoms with E-state index in [0.29, 0.717) is 28.9 Å². The van der Waals surface area contributed by atoms with Gasteiger partial charge in [-0.2, -0.15) is 0 Å². The molecule has 0 spiro atoms. The van der Waals surface area contributed by atoms with Crippen molar-refractivity contribution in [2.45, 2.75) is 40.1 Å². The first-order valence-electron chi connectivity index (χ1n) is 9.99. The highest BCUT2D eigenvalue weighted by Crippen LogP contribution is 2.41. The van der Waals surface area contributed by atoms with Gasteiger partial charge in [0.2, 0.25) is 6.41 Å². The molecule has 172 valence electrons. The zero-order valence-corrected chi connectivity index (χ0v) is 18.7. The van der Waals surface area contributed by atoms with E-state index in [9.17, 15) is 22.9 Å². The minimum absolute atomic E-state index is 0.116. The van der Waals surface area contributed by atoms with Gasteiger partial charge in [0, 0.05) is 29.5 Å². The Morgan fingerprint density at radius 1 is 1.25 bits per heavy atom. The molecule has 0 heterocycles. The lowest BCUT2D eigenvalue weighted by Gasteiger charge is -2.22. The first-order valence-corrected chi connectivity index (χ1v) is 9.99. The molecule has 0 radical (unpaired) electrons. The van der Waals surface area contributed by atoms with E-state index in [1.54, 1.807) is 6.07 Å². The highest BCUT2D eigenvalue weighted by molar-refractivity contribution is 5.83. The van der Waals surface area contributed by atoms with Crippen LogP contribution in [0.15, 0.2) is 42.1 Å². The number of nitrogens with zero attached hydrogens (tertiary/aromatic N) is 2. The Morgan fingerprint density at radius 3 is 2.38 bits per heavy atom. The van der Waals surface area contributed by atoms with Crippen LogP contribution in [-0.2, 0) is 11.3 Å². The summed E-state index contributed by atoms with van der Waals surface area (Å²) >= 11 is 0. The van der Waals surface area contributed by atoms with Crippen molar-refractivity contribution in [1.82, 2.24) is 5.32 Å². The van der Waals surface area contributed by atoms with Crippen LogP contribution in [-0.4, -0.2) is 31.6 Å². The maximum atomic E-state index is 12.5. The fourth-order valence-corrected chi connectivity index (χ4v) is 3.50. The largest absolute Gasteiger partial charge is 0.573 e. The second kappa shape index (κ2) is 10.3. The minimum atomic E-state index is -4.77. The van der Waals surface area contributed by atoms with Crippen molar-refractivity contribution >= 4 is 17.8 Å². The van der Waals surface area contributed by atoms with E-state index < -0.39 is 6.36 Å². The number of hydrogen-bond acceptors (Lipinski definition) is 4. The second-order valence-corrected chi connectivity index (χ2v) is 7.41. The molecule has 1 amide bonds. The molecule has 0 aliphatic carbocycles. The summed E-state index contributed by atoms with van der Waals surface area (Å²) in [5.74, 6) is -0.323. The molecule has 1 N–H and O–H groups in total. The van der Waals surface area contributed by atoms with Crippen molar-refractivity contribution in [3.05, 3.63) is 58.1 Å². The quantitative estimate of drug-likeness (QED) is 0.399. The Morgan fingerprint density at radius 2 is 1.88 bits per heavy atom. The third-order valence-corrected chi connectivity index (χ3v) is 5.02. The van der Waals surface area contributed by atoms with E-state index >= 15 is 0 Å². The number of alkyl halides is 3. The number of carbonyl (C=O) groups excluding carboxylic acids is 1. The third kappa shape index (κ3) is 6.09. The van der Waals surface area contributed by atoms with Crippen LogP contribution in [0, 0.1) is 11.8 Å². The van der Waals surface area contributed by atoms with E-state index in [2.05, 4.69) is 10.1 Å². The lowest BCUT2D eigenvalue weighted by Crippen LogP contribution is -2.18. The summed E-state index contributed by atoms with van der Waals surface area (Å²) in [4.78, 5) is 25.3. The average molecular weight is 450 g/mol. The number of nitrogens with one attached hydrogen (secondary N) is 1. The van der Waals surface area contributed by atoms with E-state index in [-0.39, 0.29) is 12.3 Å². The number of halogens is 3. The first-order chi connectivity index (χ1) is 15.0. The molecule has 32 heavy (non-hydrogen) atoms. The molecule has 0 saturated heterocycles. The lowest BCUT2D eigenvalue weighted by molar-refractivity contribution is -0.428. The van der Waals surface area contributed by atoms with Gasteiger partial charge < -0.3 is 15.0 Å². The summed E-state index contributed by atoms with van der Waals surface area (Å²) in [6.45, 7) is 5.96. The normalized spacial score (nSPS) is 11.8. The summed E-state index contributed by atoms with van der Waals surface area (Å²) in [5.41, 5.74) is 4.86. The molecule has 9 heteroatoms. The minimum Gasteiger partial charge on any atom is -0.406 e. The van der Waals surface area contributed by atoms with Gasteiger partial charge in [-0.25, -0.2) is 0 Å². The number of nitroso groups, excluding NO2 is 1. The van der Waals surface area contributed by atoms with E-state index in [0.717, 1.165) is 27.9 Å². The highest BCUT2D eigenvalue weighted by Gasteiger charge is 2.31. The molecule has 0 fully saturated rings. The zero-order chi connectivity index (χ0) is 24.1. The number of hydrogen-bond donors (Lipinski definition) is 1. The standard InChI is InChI=1S/C23H26F3N3O3/c1-6-15(2)13-28(4)21-16(3)20(11-18(12-27-14-30)22(21)29(5)31)17-7-9-19(10-8-17)32-23(24,25)26/h7-11,13-14H,6,12H2,1-5H3/p+1/b15-13+. The van der Waals surface area contributed by atoms with Gasteiger partial charge in [0.1, 0.15) is 11.4 Å². The predicted molar refractivity (Wildman–Crippen MR) is 118 cm³/mol. The molecule has 2 aromatic carbocycles. The number of rotatable bonds is 9. The maximum absolute atomic E-state index is 12.5.